The van der Waals surface area contributed by atoms with Crippen LogP contribution in [0.2, 0.25) is 0 Å². The van der Waals surface area contributed by atoms with Gasteiger partial charge in [-0.25, -0.2) is 0 Å². The minimum atomic E-state index is 0.394. The molecular formula is C13H17NS. The van der Waals surface area contributed by atoms with E-state index in [9.17, 15) is 0 Å². The molecule has 0 radical (unpaired) electrons. The van der Waals surface area contributed by atoms with E-state index in [1.54, 1.807) is 0 Å². The third-order valence-corrected chi connectivity index (χ3v) is 2.37. The van der Waals surface area contributed by atoms with E-state index < -0.39 is 0 Å². The van der Waals surface area contributed by atoms with E-state index in [0.717, 1.165) is 12.1 Å². The van der Waals surface area contributed by atoms with Crippen molar-refractivity contribution >= 4 is 23.1 Å². The number of aliphatic imine (C=N–C) groups is 1. The van der Waals surface area contributed by atoms with Gasteiger partial charge in [0, 0.05) is 0 Å². The molecule has 0 aliphatic heterocycles. The fraction of sp³-hybridized carbons (Fsp3) is 0.462. The zero-order valence-corrected chi connectivity index (χ0v) is 10.4. The highest BCUT2D eigenvalue weighted by atomic mass is 32.1. The van der Waals surface area contributed by atoms with Crippen LogP contribution in [0, 0.1) is 5.41 Å². The molecule has 15 heavy (non-hydrogen) atoms. The van der Waals surface area contributed by atoms with Gasteiger partial charge in [0.05, 0.1) is 10.8 Å². The molecule has 0 spiro atoms. The first-order valence-corrected chi connectivity index (χ1v) is 5.59. The number of thiocarbonyl (C=S) groups is 1. The van der Waals surface area contributed by atoms with E-state index >= 15 is 0 Å². The molecule has 0 N–H and O–H groups in total. The zero-order chi connectivity index (χ0) is 11.3. The summed E-state index contributed by atoms with van der Waals surface area (Å²) < 4.78 is 0. The monoisotopic (exact) mass is 219 g/mol. The van der Waals surface area contributed by atoms with Crippen molar-refractivity contribution in [3.63, 3.8) is 0 Å². The summed E-state index contributed by atoms with van der Waals surface area (Å²) in [6.45, 7) is 6.79. The molecule has 0 saturated carbocycles. The van der Waals surface area contributed by atoms with Crippen LogP contribution >= 0.6 is 12.2 Å². The van der Waals surface area contributed by atoms with Gasteiger partial charge in [0.1, 0.15) is 0 Å². The summed E-state index contributed by atoms with van der Waals surface area (Å²) in [5.74, 6) is 0. The second-order valence-corrected chi connectivity index (χ2v) is 5.11. The number of rotatable bonds is 3. The van der Waals surface area contributed by atoms with Crippen LogP contribution in [0.25, 0.3) is 0 Å². The van der Waals surface area contributed by atoms with Gasteiger partial charge < -0.3 is 0 Å². The highest BCUT2D eigenvalue weighted by Gasteiger charge is 2.09. The Kier molecular flexibility index (Phi) is 4.19. The fourth-order valence-corrected chi connectivity index (χ4v) is 1.41. The second kappa shape index (κ2) is 5.20. The Morgan fingerprint density at radius 1 is 1.20 bits per heavy atom. The Balaban J connectivity index is 2.61. The van der Waals surface area contributed by atoms with Crippen LogP contribution in [0.4, 0.5) is 5.69 Å². The topological polar surface area (TPSA) is 12.4 Å². The van der Waals surface area contributed by atoms with Crippen LogP contribution in [0.3, 0.4) is 0 Å². The molecule has 1 aromatic carbocycles. The Morgan fingerprint density at radius 2 is 1.80 bits per heavy atom. The van der Waals surface area contributed by atoms with E-state index in [4.69, 9.17) is 0 Å². The van der Waals surface area contributed by atoms with Crippen LogP contribution < -0.4 is 0 Å². The molecular weight excluding hydrogens is 202 g/mol. The van der Waals surface area contributed by atoms with Crippen molar-refractivity contribution in [3.05, 3.63) is 29.8 Å². The van der Waals surface area contributed by atoms with E-state index in [1.165, 1.54) is 12.0 Å². The molecule has 0 aliphatic carbocycles. The summed E-state index contributed by atoms with van der Waals surface area (Å²) in [6.07, 6.45) is 2.31. The molecule has 0 fully saturated rings. The molecule has 1 rings (SSSR count). The number of hydrogen-bond acceptors (Lipinski definition) is 2. The maximum Gasteiger partial charge on any atom is 0.0739 e. The Morgan fingerprint density at radius 3 is 2.27 bits per heavy atom. The van der Waals surface area contributed by atoms with Crippen LogP contribution in [-0.2, 0) is 6.42 Å². The van der Waals surface area contributed by atoms with Crippen molar-refractivity contribution in [2.75, 3.05) is 0 Å². The number of isothiocyanates is 1. The quantitative estimate of drug-likeness (QED) is 0.542. The van der Waals surface area contributed by atoms with Gasteiger partial charge in [0.2, 0.25) is 0 Å². The highest BCUT2D eigenvalue weighted by molar-refractivity contribution is 7.78. The van der Waals surface area contributed by atoms with Crippen molar-refractivity contribution in [3.8, 4) is 0 Å². The largest absolute Gasteiger partial charge is 0.195 e. The first kappa shape index (κ1) is 12.1. The summed E-state index contributed by atoms with van der Waals surface area (Å²) in [5.41, 5.74) is 2.63. The molecule has 0 aliphatic rings. The third kappa shape index (κ3) is 4.87. The molecule has 1 aromatic rings. The minimum Gasteiger partial charge on any atom is -0.195 e. The third-order valence-electron chi connectivity index (χ3n) is 2.27. The van der Waals surface area contributed by atoms with E-state index in [2.05, 4.69) is 55.3 Å². The average Bonchev–Trinajstić information content (AvgIpc) is 2.16. The van der Waals surface area contributed by atoms with Gasteiger partial charge in [-0.2, -0.15) is 4.99 Å². The van der Waals surface area contributed by atoms with Crippen molar-refractivity contribution in [2.45, 2.75) is 33.6 Å². The Hall–Kier alpha value is -0.980. The van der Waals surface area contributed by atoms with Gasteiger partial charge in [-0.15, -0.1) is 0 Å². The van der Waals surface area contributed by atoms with Gasteiger partial charge in [0.25, 0.3) is 0 Å². The lowest BCUT2D eigenvalue weighted by Gasteiger charge is -2.17. The number of nitrogens with zero attached hydrogens (tertiary/aromatic N) is 1. The summed E-state index contributed by atoms with van der Waals surface area (Å²) in [5, 5.41) is 2.37. The summed E-state index contributed by atoms with van der Waals surface area (Å²) in [6, 6.07) is 8.18. The normalized spacial score (nSPS) is 10.9. The molecule has 0 amide bonds. The lowest BCUT2D eigenvalue weighted by atomic mass is 9.89. The average molecular weight is 219 g/mol. The molecule has 0 aromatic heterocycles. The number of benzene rings is 1. The van der Waals surface area contributed by atoms with E-state index in [-0.39, 0.29) is 0 Å². The Bertz CT molecular complexity index is 353. The second-order valence-electron chi connectivity index (χ2n) is 4.93. The molecule has 0 atom stereocenters. The van der Waals surface area contributed by atoms with Gasteiger partial charge in [-0.1, -0.05) is 32.9 Å². The van der Waals surface area contributed by atoms with Gasteiger partial charge in [0.15, 0.2) is 0 Å². The standard InChI is InChI=1S/C13H17NS/c1-13(2,3)9-8-11-4-6-12(7-5-11)14-10-15/h4-7H,8-9H2,1-3H3. The molecule has 0 heterocycles. The molecule has 0 saturated heterocycles. The van der Waals surface area contributed by atoms with Crippen molar-refractivity contribution in [1.82, 2.24) is 0 Å². The van der Waals surface area contributed by atoms with Crippen molar-refractivity contribution in [2.24, 2.45) is 10.4 Å². The van der Waals surface area contributed by atoms with Crippen molar-refractivity contribution < 1.29 is 0 Å². The summed E-state index contributed by atoms with van der Waals surface area (Å²) in [4.78, 5) is 3.92. The molecule has 80 valence electrons. The summed E-state index contributed by atoms with van der Waals surface area (Å²) in [7, 11) is 0. The first-order chi connectivity index (χ1) is 7.01. The smallest absolute Gasteiger partial charge is 0.0739 e. The fourth-order valence-electron chi connectivity index (χ4n) is 1.31. The van der Waals surface area contributed by atoms with Gasteiger partial charge >= 0.3 is 0 Å². The van der Waals surface area contributed by atoms with Gasteiger partial charge in [-0.05, 0) is 48.2 Å². The lowest BCUT2D eigenvalue weighted by Crippen LogP contribution is -2.06. The minimum absolute atomic E-state index is 0.394. The molecule has 2 heteroatoms. The SMILES string of the molecule is CC(C)(C)CCc1ccc(N=C=S)cc1. The zero-order valence-electron chi connectivity index (χ0n) is 9.58. The predicted molar refractivity (Wildman–Crippen MR) is 68.9 cm³/mol. The maximum absolute atomic E-state index is 4.55. The van der Waals surface area contributed by atoms with Gasteiger partial charge in [-0.3, -0.25) is 0 Å². The molecule has 0 unspecified atom stereocenters. The highest BCUT2D eigenvalue weighted by Crippen LogP contribution is 2.22. The van der Waals surface area contributed by atoms with Crippen LogP contribution in [0.5, 0.6) is 0 Å². The number of aryl methyl sites for hydroxylation is 1. The molecule has 0 bridgehead atoms. The van der Waals surface area contributed by atoms with Crippen LogP contribution in [0.15, 0.2) is 29.3 Å². The van der Waals surface area contributed by atoms with Crippen molar-refractivity contribution in [1.29, 1.82) is 0 Å². The predicted octanol–water partition coefficient (Wildman–Crippen LogP) is 4.40. The van der Waals surface area contributed by atoms with Crippen LogP contribution in [0.1, 0.15) is 32.8 Å². The number of hydrogen-bond donors (Lipinski definition) is 0. The first-order valence-electron chi connectivity index (χ1n) is 5.18. The summed E-state index contributed by atoms with van der Waals surface area (Å²) >= 11 is 4.55. The van der Waals surface area contributed by atoms with E-state index in [0.29, 0.717) is 5.41 Å². The van der Waals surface area contributed by atoms with E-state index in [1.807, 2.05) is 12.1 Å². The molecule has 1 nitrogen and oxygen atoms in total. The maximum atomic E-state index is 4.55. The lowest BCUT2D eigenvalue weighted by molar-refractivity contribution is 0.378. The Labute approximate surface area is 97.2 Å². The van der Waals surface area contributed by atoms with Crippen LogP contribution in [-0.4, -0.2) is 5.16 Å².